The van der Waals surface area contributed by atoms with E-state index in [-0.39, 0.29) is 5.56 Å². The summed E-state index contributed by atoms with van der Waals surface area (Å²) in [6, 6.07) is 12.2. The van der Waals surface area contributed by atoms with Gasteiger partial charge in [-0.15, -0.1) is 0 Å². The molecule has 0 aromatic heterocycles. The van der Waals surface area contributed by atoms with Crippen molar-refractivity contribution in [3.8, 4) is 46.0 Å². The van der Waals surface area contributed by atoms with E-state index in [4.69, 9.17) is 42.6 Å². The van der Waals surface area contributed by atoms with Gasteiger partial charge >= 0.3 is 5.97 Å². The highest BCUT2D eigenvalue weighted by Crippen LogP contribution is 2.45. The summed E-state index contributed by atoms with van der Waals surface area (Å²) < 4.78 is 50.6. The van der Waals surface area contributed by atoms with E-state index in [0.29, 0.717) is 58.0 Å². The van der Waals surface area contributed by atoms with Crippen molar-refractivity contribution in [1.82, 2.24) is 0 Å². The number of esters is 1. The van der Waals surface area contributed by atoms with Gasteiger partial charge < -0.3 is 42.6 Å². The number of benzene rings is 3. The van der Waals surface area contributed by atoms with E-state index in [9.17, 15) is 4.79 Å². The molecule has 3 aromatic carbocycles. The van der Waals surface area contributed by atoms with Crippen LogP contribution in [0.2, 0.25) is 0 Å². The molecule has 1 aliphatic heterocycles. The van der Waals surface area contributed by atoms with Crippen molar-refractivity contribution < 1.29 is 47.4 Å². The van der Waals surface area contributed by atoms with Gasteiger partial charge in [0.05, 0.1) is 55.3 Å². The third-order valence-corrected chi connectivity index (χ3v) is 6.46. The van der Waals surface area contributed by atoms with Crippen LogP contribution in [0.5, 0.6) is 46.0 Å². The number of rotatable bonds is 10. The fourth-order valence-corrected chi connectivity index (χ4v) is 4.53. The van der Waals surface area contributed by atoms with Gasteiger partial charge in [0.25, 0.3) is 0 Å². The van der Waals surface area contributed by atoms with Gasteiger partial charge in [0.2, 0.25) is 11.5 Å². The molecule has 0 aliphatic carbocycles. The minimum atomic E-state index is -0.708. The number of hydrogen-bond donors (Lipinski definition) is 0. The maximum atomic E-state index is 13.5. The summed E-state index contributed by atoms with van der Waals surface area (Å²) in [7, 11) is 10.6. The maximum absolute atomic E-state index is 13.5. The van der Waals surface area contributed by atoms with Gasteiger partial charge in [-0.2, -0.15) is 0 Å². The third kappa shape index (κ3) is 5.41. The van der Waals surface area contributed by atoms with Crippen LogP contribution in [-0.4, -0.2) is 61.8 Å². The van der Waals surface area contributed by atoms with Crippen molar-refractivity contribution in [2.24, 2.45) is 0 Å². The van der Waals surface area contributed by atoms with Crippen LogP contribution in [0.3, 0.4) is 0 Å². The van der Waals surface area contributed by atoms with Crippen LogP contribution < -0.4 is 37.9 Å². The highest BCUT2D eigenvalue weighted by Gasteiger charge is 2.36. The van der Waals surface area contributed by atoms with Gasteiger partial charge in [-0.3, -0.25) is 0 Å². The molecule has 208 valence electrons. The largest absolute Gasteiger partial charge is 0.497 e. The molecular formula is C29H32O10. The fraction of sp³-hybridized carbons (Fsp3) is 0.345. The first kappa shape index (κ1) is 27.6. The summed E-state index contributed by atoms with van der Waals surface area (Å²) in [6.45, 7) is 0. The van der Waals surface area contributed by atoms with Crippen molar-refractivity contribution in [1.29, 1.82) is 0 Å². The van der Waals surface area contributed by atoms with E-state index in [1.54, 1.807) is 37.4 Å². The SMILES string of the molecule is COc1ccc2c(c1)O[C@H](c1cc(OC)c(OC)c(OC)c1)[C@@H](OC(=O)c1cc(OC)c(OC)c(OC)c1)C2. The van der Waals surface area contributed by atoms with Crippen LogP contribution in [0.25, 0.3) is 0 Å². The summed E-state index contributed by atoms with van der Waals surface area (Å²) in [6.07, 6.45) is -1.03. The first-order chi connectivity index (χ1) is 18.9. The van der Waals surface area contributed by atoms with E-state index in [1.807, 2.05) is 12.1 Å². The highest BCUT2D eigenvalue weighted by atomic mass is 16.6. The van der Waals surface area contributed by atoms with Crippen molar-refractivity contribution in [3.05, 3.63) is 59.2 Å². The average Bonchev–Trinajstić information content (AvgIpc) is 2.98. The third-order valence-electron chi connectivity index (χ3n) is 6.46. The predicted molar refractivity (Wildman–Crippen MR) is 141 cm³/mol. The summed E-state index contributed by atoms with van der Waals surface area (Å²) in [5.41, 5.74) is 1.76. The standard InChI is InChI=1S/C29H32O10/c1-31-19-9-8-16-10-25(39-29(30)18-13-23(34-4)28(37-7)24(14-18)35-5)26(38-20(16)15-19)17-11-21(32-2)27(36-6)22(12-17)33-3/h8-9,11-15,25-26H,10H2,1-7H3/t25-,26+/m0/s1. The lowest BCUT2D eigenvalue weighted by atomic mass is 9.93. The molecule has 0 saturated heterocycles. The first-order valence-corrected chi connectivity index (χ1v) is 12.1. The molecule has 10 heteroatoms. The van der Waals surface area contributed by atoms with Gasteiger partial charge in [0, 0.05) is 18.1 Å². The molecule has 0 spiro atoms. The van der Waals surface area contributed by atoms with Crippen LogP contribution >= 0.6 is 0 Å². The predicted octanol–water partition coefficient (Wildman–Crippen LogP) is 4.65. The lowest BCUT2D eigenvalue weighted by molar-refractivity contribution is -0.0184. The lowest BCUT2D eigenvalue weighted by Gasteiger charge is -2.34. The fourth-order valence-electron chi connectivity index (χ4n) is 4.53. The number of ether oxygens (including phenoxy) is 9. The molecule has 3 aromatic rings. The van der Waals surface area contributed by atoms with Crippen LogP contribution in [0, 0.1) is 0 Å². The molecule has 0 amide bonds. The van der Waals surface area contributed by atoms with Gasteiger partial charge in [0.15, 0.2) is 29.1 Å². The molecule has 39 heavy (non-hydrogen) atoms. The van der Waals surface area contributed by atoms with E-state index in [2.05, 4.69) is 0 Å². The van der Waals surface area contributed by atoms with E-state index < -0.39 is 18.2 Å². The van der Waals surface area contributed by atoms with Crippen molar-refractivity contribution >= 4 is 5.97 Å². The molecule has 0 N–H and O–H groups in total. The Balaban J connectivity index is 1.76. The summed E-state index contributed by atoms with van der Waals surface area (Å²) in [5.74, 6) is 3.05. The second-order valence-electron chi connectivity index (χ2n) is 8.53. The number of hydrogen-bond acceptors (Lipinski definition) is 10. The Bertz CT molecular complexity index is 1290. The Kier molecular flexibility index (Phi) is 8.43. The average molecular weight is 541 g/mol. The van der Waals surface area contributed by atoms with Gasteiger partial charge in [-0.1, -0.05) is 6.07 Å². The van der Waals surface area contributed by atoms with Crippen LogP contribution in [0.4, 0.5) is 0 Å². The van der Waals surface area contributed by atoms with Crippen molar-refractivity contribution in [2.45, 2.75) is 18.6 Å². The van der Waals surface area contributed by atoms with Crippen LogP contribution in [0.15, 0.2) is 42.5 Å². The molecule has 0 fully saturated rings. The Morgan fingerprint density at radius 1 is 0.692 bits per heavy atom. The first-order valence-electron chi connectivity index (χ1n) is 12.1. The zero-order chi connectivity index (χ0) is 28.1. The molecule has 0 radical (unpaired) electrons. The topological polar surface area (TPSA) is 100 Å². The quantitative estimate of drug-likeness (QED) is 0.338. The maximum Gasteiger partial charge on any atom is 0.338 e. The monoisotopic (exact) mass is 540 g/mol. The Hall–Kier alpha value is -4.47. The number of carbonyl (C=O) groups excluding carboxylic acids is 1. The Morgan fingerprint density at radius 2 is 1.23 bits per heavy atom. The van der Waals surface area contributed by atoms with Crippen molar-refractivity contribution in [3.63, 3.8) is 0 Å². The molecular weight excluding hydrogens is 508 g/mol. The Labute approximate surface area is 227 Å². The van der Waals surface area contributed by atoms with Crippen LogP contribution in [-0.2, 0) is 11.2 Å². The second kappa shape index (κ2) is 11.9. The molecule has 1 aliphatic rings. The molecule has 2 atom stereocenters. The number of carbonyl (C=O) groups is 1. The molecule has 0 saturated carbocycles. The molecule has 1 heterocycles. The molecule has 10 nitrogen and oxygen atoms in total. The highest BCUT2D eigenvalue weighted by molar-refractivity contribution is 5.91. The number of fused-ring (bicyclic) bond motifs is 1. The van der Waals surface area contributed by atoms with Gasteiger partial charge in [-0.05, 0) is 35.9 Å². The smallest absolute Gasteiger partial charge is 0.338 e. The zero-order valence-electron chi connectivity index (χ0n) is 23.0. The minimum Gasteiger partial charge on any atom is -0.497 e. The molecule has 0 bridgehead atoms. The van der Waals surface area contributed by atoms with E-state index >= 15 is 0 Å². The second-order valence-corrected chi connectivity index (χ2v) is 8.53. The number of methoxy groups -OCH3 is 7. The molecule has 0 unspecified atom stereocenters. The zero-order valence-corrected chi connectivity index (χ0v) is 23.0. The minimum absolute atomic E-state index is 0.230. The van der Waals surface area contributed by atoms with E-state index in [0.717, 1.165) is 5.56 Å². The summed E-state index contributed by atoms with van der Waals surface area (Å²) >= 11 is 0. The lowest BCUT2D eigenvalue weighted by Crippen LogP contribution is -2.34. The van der Waals surface area contributed by atoms with E-state index in [1.165, 1.54) is 42.7 Å². The van der Waals surface area contributed by atoms with Crippen molar-refractivity contribution in [2.75, 3.05) is 49.8 Å². The van der Waals surface area contributed by atoms with Gasteiger partial charge in [0.1, 0.15) is 17.6 Å². The Morgan fingerprint density at radius 3 is 1.72 bits per heavy atom. The summed E-state index contributed by atoms with van der Waals surface area (Å²) in [4.78, 5) is 13.5. The summed E-state index contributed by atoms with van der Waals surface area (Å²) in [5, 5.41) is 0. The normalized spacial score (nSPS) is 15.8. The molecule has 4 rings (SSSR count). The van der Waals surface area contributed by atoms with Crippen LogP contribution in [0.1, 0.15) is 27.6 Å². The van der Waals surface area contributed by atoms with Gasteiger partial charge in [-0.25, -0.2) is 4.79 Å².